The van der Waals surface area contributed by atoms with E-state index < -0.39 is 11.8 Å². The molecule has 23 heavy (non-hydrogen) atoms. The Bertz CT molecular complexity index is 797. The zero-order chi connectivity index (χ0) is 16.4. The molecule has 1 heterocycles. The predicted octanol–water partition coefficient (Wildman–Crippen LogP) is 3.36. The van der Waals surface area contributed by atoms with Gasteiger partial charge in [0.2, 0.25) is 0 Å². The van der Waals surface area contributed by atoms with E-state index >= 15 is 0 Å². The average Bonchev–Trinajstić information content (AvgIpc) is 2.84. The summed E-state index contributed by atoms with van der Waals surface area (Å²) in [5, 5.41) is 1.71. The van der Waals surface area contributed by atoms with Gasteiger partial charge in [0.05, 0.1) is 5.69 Å². The van der Waals surface area contributed by atoms with Gasteiger partial charge in [-0.25, -0.2) is 5.01 Å². The fraction of sp³-hybridized carbons (Fsp3) is 0.111. The van der Waals surface area contributed by atoms with Crippen molar-refractivity contribution in [3.05, 3.63) is 70.3 Å². The fourth-order valence-corrected chi connectivity index (χ4v) is 2.56. The van der Waals surface area contributed by atoms with Crippen LogP contribution in [0, 0.1) is 0 Å². The van der Waals surface area contributed by atoms with E-state index in [2.05, 4.69) is 12.3 Å². The van der Waals surface area contributed by atoms with E-state index in [-0.39, 0.29) is 5.57 Å². The van der Waals surface area contributed by atoms with Crippen LogP contribution in [0.4, 0.5) is 5.69 Å². The van der Waals surface area contributed by atoms with Gasteiger partial charge in [-0.05, 0) is 41.8 Å². The first-order valence-corrected chi connectivity index (χ1v) is 7.68. The smallest absolute Gasteiger partial charge is 0.267 e. The van der Waals surface area contributed by atoms with Gasteiger partial charge in [0.15, 0.2) is 0 Å². The lowest BCUT2D eigenvalue weighted by atomic mass is 10.1. The van der Waals surface area contributed by atoms with Crippen LogP contribution in [0.2, 0.25) is 5.02 Å². The number of carbonyl (C=O) groups is 2. The van der Waals surface area contributed by atoms with Crippen LogP contribution in [-0.4, -0.2) is 11.8 Å². The molecule has 2 aromatic rings. The third-order valence-corrected chi connectivity index (χ3v) is 3.89. The number of hydrogen-bond acceptors (Lipinski definition) is 2. The normalized spacial score (nSPS) is 16.1. The Hall–Kier alpha value is -2.59. The molecule has 2 aromatic carbocycles. The SMILES string of the molecule is CCc1ccc(/C=C2\C(=O)NN(c3cccc(Cl)c3)C2=O)cc1. The molecule has 1 N–H and O–H groups in total. The van der Waals surface area contributed by atoms with Crippen molar-refractivity contribution < 1.29 is 9.59 Å². The molecular formula is C18H15ClN2O2. The molecule has 0 radical (unpaired) electrons. The number of carbonyl (C=O) groups excluding carboxylic acids is 2. The summed E-state index contributed by atoms with van der Waals surface area (Å²) in [6.45, 7) is 2.07. The van der Waals surface area contributed by atoms with Gasteiger partial charge in [0.25, 0.3) is 11.8 Å². The number of anilines is 1. The van der Waals surface area contributed by atoms with Gasteiger partial charge in [-0.15, -0.1) is 0 Å². The summed E-state index contributed by atoms with van der Waals surface area (Å²) in [5.41, 5.74) is 5.21. The molecule has 1 saturated heterocycles. The number of hydrogen-bond donors (Lipinski definition) is 1. The molecule has 1 fully saturated rings. The summed E-state index contributed by atoms with van der Waals surface area (Å²) in [7, 11) is 0. The molecule has 5 heteroatoms. The summed E-state index contributed by atoms with van der Waals surface area (Å²) in [6, 6.07) is 14.5. The number of benzene rings is 2. The van der Waals surface area contributed by atoms with Gasteiger partial charge in [0, 0.05) is 5.02 Å². The van der Waals surface area contributed by atoms with E-state index in [4.69, 9.17) is 11.6 Å². The summed E-state index contributed by atoms with van der Waals surface area (Å²) in [6.07, 6.45) is 2.54. The second kappa shape index (κ2) is 6.26. The lowest BCUT2D eigenvalue weighted by Crippen LogP contribution is -2.35. The number of aryl methyl sites for hydroxylation is 1. The van der Waals surface area contributed by atoms with Crippen LogP contribution < -0.4 is 10.4 Å². The molecule has 0 atom stereocenters. The van der Waals surface area contributed by atoms with Crippen LogP contribution in [0.3, 0.4) is 0 Å². The van der Waals surface area contributed by atoms with Crippen molar-refractivity contribution in [3.8, 4) is 0 Å². The lowest BCUT2D eigenvalue weighted by Gasteiger charge is -2.14. The lowest BCUT2D eigenvalue weighted by molar-refractivity contribution is -0.117. The van der Waals surface area contributed by atoms with Gasteiger partial charge in [0.1, 0.15) is 5.57 Å². The first-order chi connectivity index (χ1) is 11.1. The highest BCUT2D eigenvalue weighted by molar-refractivity contribution is 6.33. The topological polar surface area (TPSA) is 49.4 Å². The number of rotatable bonds is 3. The van der Waals surface area contributed by atoms with Crippen LogP contribution in [0.5, 0.6) is 0 Å². The Labute approximate surface area is 139 Å². The quantitative estimate of drug-likeness (QED) is 0.694. The zero-order valence-corrected chi connectivity index (χ0v) is 13.3. The van der Waals surface area contributed by atoms with Crippen molar-refractivity contribution in [2.24, 2.45) is 0 Å². The van der Waals surface area contributed by atoms with Gasteiger partial charge in [-0.1, -0.05) is 48.9 Å². The number of nitrogens with one attached hydrogen (secondary N) is 1. The Morgan fingerprint density at radius 2 is 1.87 bits per heavy atom. The van der Waals surface area contributed by atoms with Crippen LogP contribution in [0.1, 0.15) is 18.1 Å². The molecule has 3 rings (SSSR count). The Balaban J connectivity index is 1.90. The van der Waals surface area contributed by atoms with E-state index in [0.29, 0.717) is 10.7 Å². The molecule has 0 aromatic heterocycles. The van der Waals surface area contributed by atoms with Crippen LogP contribution in [-0.2, 0) is 16.0 Å². The molecule has 0 saturated carbocycles. The van der Waals surface area contributed by atoms with E-state index in [1.54, 1.807) is 30.3 Å². The maximum atomic E-state index is 12.5. The first kappa shape index (κ1) is 15.3. The van der Waals surface area contributed by atoms with Crippen molar-refractivity contribution in [2.45, 2.75) is 13.3 Å². The second-order valence-corrected chi connectivity index (χ2v) is 5.65. The molecule has 0 bridgehead atoms. The first-order valence-electron chi connectivity index (χ1n) is 7.30. The number of amides is 2. The van der Waals surface area contributed by atoms with E-state index in [9.17, 15) is 9.59 Å². The largest absolute Gasteiger partial charge is 0.282 e. The Morgan fingerprint density at radius 1 is 1.13 bits per heavy atom. The van der Waals surface area contributed by atoms with E-state index in [0.717, 1.165) is 12.0 Å². The molecule has 1 aliphatic rings. The molecule has 1 aliphatic heterocycles. The van der Waals surface area contributed by atoms with Crippen molar-refractivity contribution in [3.63, 3.8) is 0 Å². The molecule has 4 nitrogen and oxygen atoms in total. The fourth-order valence-electron chi connectivity index (χ4n) is 2.37. The van der Waals surface area contributed by atoms with E-state index in [1.165, 1.54) is 10.6 Å². The summed E-state index contributed by atoms with van der Waals surface area (Å²) in [5.74, 6) is -0.814. The van der Waals surface area contributed by atoms with Gasteiger partial charge in [-0.3, -0.25) is 15.0 Å². The maximum Gasteiger partial charge on any atom is 0.282 e. The molecule has 0 unspecified atom stereocenters. The Kier molecular flexibility index (Phi) is 4.17. The van der Waals surface area contributed by atoms with E-state index in [1.807, 2.05) is 24.3 Å². The number of halogens is 1. The monoisotopic (exact) mass is 326 g/mol. The predicted molar refractivity (Wildman–Crippen MR) is 90.9 cm³/mol. The molecule has 0 aliphatic carbocycles. The minimum Gasteiger partial charge on any atom is -0.267 e. The van der Waals surface area contributed by atoms with Crippen molar-refractivity contribution >= 4 is 35.2 Å². The summed E-state index contributed by atoms with van der Waals surface area (Å²) < 4.78 is 0. The highest BCUT2D eigenvalue weighted by Gasteiger charge is 2.34. The molecule has 116 valence electrons. The third-order valence-electron chi connectivity index (χ3n) is 3.66. The molecular weight excluding hydrogens is 312 g/mol. The van der Waals surface area contributed by atoms with Crippen LogP contribution in [0.25, 0.3) is 6.08 Å². The zero-order valence-electron chi connectivity index (χ0n) is 12.5. The van der Waals surface area contributed by atoms with Crippen molar-refractivity contribution in [1.29, 1.82) is 0 Å². The highest BCUT2D eigenvalue weighted by atomic mass is 35.5. The average molecular weight is 327 g/mol. The molecule has 0 spiro atoms. The Morgan fingerprint density at radius 3 is 2.52 bits per heavy atom. The summed E-state index contributed by atoms with van der Waals surface area (Å²) in [4.78, 5) is 24.6. The second-order valence-electron chi connectivity index (χ2n) is 5.21. The van der Waals surface area contributed by atoms with Crippen LogP contribution >= 0.6 is 11.6 Å². The minimum atomic E-state index is -0.422. The van der Waals surface area contributed by atoms with Gasteiger partial charge < -0.3 is 0 Å². The number of hydrazine groups is 1. The number of nitrogens with zero attached hydrogens (tertiary/aromatic N) is 1. The van der Waals surface area contributed by atoms with Crippen molar-refractivity contribution in [1.82, 2.24) is 5.43 Å². The standard InChI is InChI=1S/C18H15ClN2O2/c1-2-12-6-8-13(9-7-12)10-16-17(22)20-21(18(16)23)15-5-3-4-14(19)11-15/h3-11H,2H2,1H3,(H,20,22)/b16-10+. The summed E-state index contributed by atoms with van der Waals surface area (Å²) >= 11 is 5.94. The van der Waals surface area contributed by atoms with Crippen molar-refractivity contribution in [2.75, 3.05) is 5.01 Å². The van der Waals surface area contributed by atoms with Gasteiger partial charge >= 0.3 is 0 Å². The maximum absolute atomic E-state index is 12.5. The minimum absolute atomic E-state index is 0.106. The molecule has 2 amide bonds. The van der Waals surface area contributed by atoms with Crippen LogP contribution in [0.15, 0.2) is 54.1 Å². The highest BCUT2D eigenvalue weighted by Crippen LogP contribution is 2.24. The third kappa shape index (κ3) is 3.12. The van der Waals surface area contributed by atoms with Gasteiger partial charge in [-0.2, -0.15) is 0 Å².